The van der Waals surface area contributed by atoms with E-state index in [9.17, 15) is 0 Å². The van der Waals surface area contributed by atoms with Gasteiger partial charge in [-0.15, -0.1) is 0 Å². The van der Waals surface area contributed by atoms with Crippen LogP contribution in [0.15, 0.2) is 158 Å². The molecule has 0 saturated heterocycles. The first-order valence-corrected chi connectivity index (χ1v) is 15.0. The molecule has 0 saturated carbocycles. The molecule has 9 aromatic rings. The molecule has 2 nitrogen and oxygen atoms in total. The van der Waals surface area contributed by atoms with Gasteiger partial charge in [0.05, 0.1) is 16.7 Å². The molecule has 0 atom stereocenters. The lowest BCUT2D eigenvalue weighted by Crippen LogP contribution is -1.89. The number of benzene rings is 7. The Labute approximate surface area is 254 Å². The normalized spacial score (nSPS) is 11.6. The smallest absolute Gasteiger partial charge is 0.0972 e. The van der Waals surface area contributed by atoms with E-state index < -0.39 is 0 Å². The molecule has 0 amide bonds. The topological polar surface area (TPSA) is 25.8 Å². The van der Waals surface area contributed by atoms with Crippen molar-refractivity contribution in [3.8, 4) is 33.5 Å². The molecule has 0 spiro atoms. The Kier molecular flexibility index (Phi) is 5.54. The number of fused-ring (bicyclic) bond motifs is 7. The van der Waals surface area contributed by atoms with Crippen LogP contribution in [0.4, 0.5) is 0 Å². The van der Waals surface area contributed by atoms with Gasteiger partial charge in [-0.2, -0.15) is 0 Å². The van der Waals surface area contributed by atoms with E-state index >= 15 is 0 Å². The van der Waals surface area contributed by atoms with Crippen molar-refractivity contribution < 1.29 is 0 Å². The zero-order chi connectivity index (χ0) is 29.0. The number of nitrogens with zero attached hydrogens (tertiary/aromatic N) is 2. The van der Waals surface area contributed by atoms with Gasteiger partial charge in [0.15, 0.2) is 0 Å². The Morgan fingerprint density at radius 1 is 0.341 bits per heavy atom. The fraction of sp³-hybridized carbons (Fsp3) is 0. The van der Waals surface area contributed by atoms with Crippen molar-refractivity contribution >= 4 is 54.1 Å². The van der Waals surface area contributed by atoms with Gasteiger partial charge in [-0.05, 0) is 84.9 Å². The van der Waals surface area contributed by atoms with E-state index in [4.69, 9.17) is 4.98 Å². The van der Waals surface area contributed by atoms with Crippen molar-refractivity contribution in [1.29, 1.82) is 0 Å². The lowest BCUT2D eigenvalue weighted by molar-refractivity contribution is 1.37. The van der Waals surface area contributed by atoms with E-state index in [-0.39, 0.29) is 0 Å². The first-order chi connectivity index (χ1) is 21.8. The van der Waals surface area contributed by atoms with E-state index in [1.54, 1.807) is 0 Å². The summed E-state index contributed by atoms with van der Waals surface area (Å²) >= 11 is 0. The van der Waals surface area contributed by atoms with Gasteiger partial charge in [-0.25, -0.2) is 4.98 Å². The van der Waals surface area contributed by atoms with Crippen LogP contribution in [0.5, 0.6) is 0 Å². The predicted molar refractivity (Wildman–Crippen MR) is 186 cm³/mol. The van der Waals surface area contributed by atoms with Crippen LogP contribution in [0.1, 0.15) is 0 Å². The molecule has 9 rings (SSSR count). The monoisotopic (exact) mass is 558 g/mol. The highest BCUT2D eigenvalue weighted by atomic mass is 14.7. The molecular formula is C42H26N2. The van der Waals surface area contributed by atoms with Crippen molar-refractivity contribution in [1.82, 2.24) is 9.97 Å². The van der Waals surface area contributed by atoms with Crippen LogP contribution in [-0.2, 0) is 0 Å². The lowest BCUT2D eigenvalue weighted by Gasteiger charge is -2.12. The summed E-state index contributed by atoms with van der Waals surface area (Å²) in [6.45, 7) is 0. The minimum Gasteiger partial charge on any atom is -0.254 e. The molecule has 0 unspecified atom stereocenters. The average Bonchev–Trinajstić information content (AvgIpc) is 3.10. The van der Waals surface area contributed by atoms with Gasteiger partial charge in [0.2, 0.25) is 0 Å². The molecule has 44 heavy (non-hydrogen) atoms. The number of hydrogen-bond donors (Lipinski definition) is 0. The molecule has 7 aromatic carbocycles. The summed E-state index contributed by atoms with van der Waals surface area (Å²) < 4.78 is 0. The maximum absolute atomic E-state index is 5.02. The third-order valence-corrected chi connectivity index (χ3v) is 8.87. The van der Waals surface area contributed by atoms with Crippen LogP contribution in [0.2, 0.25) is 0 Å². The van der Waals surface area contributed by atoms with Crippen LogP contribution in [0.3, 0.4) is 0 Å². The first kappa shape index (κ1) is 24.7. The molecule has 0 radical (unpaired) electrons. The van der Waals surface area contributed by atoms with Gasteiger partial charge in [0, 0.05) is 22.5 Å². The molecule has 0 fully saturated rings. The molecule has 0 aliphatic carbocycles. The summed E-state index contributed by atoms with van der Waals surface area (Å²) in [7, 11) is 0. The van der Waals surface area contributed by atoms with Crippen molar-refractivity contribution in [3.63, 3.8) is 0 Å². The fourth-order valence-corrected chi connectivity index (χ4v) is 6.60. The molecule has 0 N–H and O–H groups in total. The van der Waals surface area contributed by atoms with Gasteiger partial charge in [0.1, 0.15) is 0 Å². The number of aromatic nitrogens is 2. The second-order valence-electron chi connectivity index (χ2n) is 11.5. The molecule has 2 heterocycles. The van der Waals surface area contributed by atoms with E-state index in [2.05, 4.69) is 151 Å². The zero-order valence-corrected chi connectivity index (χ0v) is 23.9. The highest BCUT2D eigenvalue weighted by Crippen LogP contribution is 2.37. The molecule has 0 aliphatic heterocycles. The van der Waals surface area contributed by atoms with Crippen LogP contribution >= 0.6 is 0 Å². The third kappa shape index (κ3) is 4.04. The molecule has 0 bridgehead atoms. The van der Waals surface area contributed by atoms with Crippen LogP contribution in [0, 0.1) is 0 Å². The SMILES string of the molecule is c1ccc2c(c1)cc(-c1ccc3cc(-c4ccc(-c5ccc6ccc7cccnc7c6n5)cc4)ccc3c1)c1ccccc12. The Bertz CT molecular complexity index is 2550. The second kappa shape index (κ2) is 9.86. The Hall–Kier alpha value is -5.86. The summed E-state index contributed by atoms with van der Waals surface area (Å²) in [5, 5.41) is 9.82. The zero-order valence-electron chi connectivity index (χ0n) is 23.9. The van der Waals surface area contributed by atoms with Gasteiger partial charge < -0.3 is 0 Å². The van der Waals surface area contributed by atoms with Crippen molar-refractivity contribution in [3.05, 3.63) is 158 Å². The van der Waals surface area contributed by atoms with E-state index in [0.717, 1.165) is 33.1 Å². The molecular weight excluding hydrogens is 532 g/mol. The minimum atomic E-state index is 0.940. The Morgan fingerprint density at radius 3 is 1.77 bits per heavy atom. The summed E-state index contributed by atoms with van der Waals surface area (Å²) in [6, 6.07) is 54.6. The summed E-state index contributed by atoms with van der Waals surface area (Å²) in [4.78, 5) is 9.63. The van der Waals surface area contributed by atoms with Crippen molar-refractivity contribution in [2.24, 2.45) is 0 Å². The molecule has 204 valence electrons. The summed E-state index contributed by atoms with van der Waals surface area (Å²) in [5.41, 5.74) is 8.83. The third-order valence-electron chi connectivity index (χ3n) is 8.87. The van der Waals surface area contributed by atoms with Gasteiger partial charge in [-0.3, -0.25) is 4.98 Å². The maximum atomic E-state index is 5.02. The highest BCUT2D eigenvalue weighted by molar-refractivity contribution is 6.14. The summed E-state index contributed by atoms with van der Waals surface area (Å²) in [5.74, 6) is 0. The van der Waals surface area contributed by atoms with E-state index in [1.165, 1.54) is 54.6 Å². The van der Waals surface area contributed by atoms with Gasteiger partial charge in [-0.1, -0.05) is 121 Å². The first-order valence-electron chi connectivity index (χ1n) is 15.0. The van der Waals surface area contributed by atoms with Gasteiger partial charge in [0.25, 0.3) is 0 Å². The van der Waals surface area contributed by atoms with Crippen molar-refractivity contribution in [2.75, 3.05) is 0 Å². The van der Waals surface area contributed by atoms with Crippen LogP contribution in [0.25, 0.3) is 87.6 Å². The standard InChI is InChI=1S/C42H26N2/c1-2-8-36-34(6-1)26-39(38-10-4-3-9-37(36)38)35-20-19-32-24-31(17-18-33(32)25-35)27-11-13-28(14-12-27)40-22-21-30-16-15-29-7-5-23-43-41(29)42(30)44-40/h1-26H. The van der Waals surface area contributed by atoms with E-state index in [0.29, 0.717) is 0 Å². The molecule has 0 aliphatic rings. The Morgan fingerprint density at radius 2 is 0.932 bits per heavy atom. The van der Waals surface area contributed by atoms with Gasteiger partial charge >= 0.3 is 0 Å². The quantitative estimate of drug-likeness (QED) is 0.202. The highest BCUT2D eigenvalue weighted by Gasteiger charge is 2.10. The lowest BCUT2D eigenvalue weighted by atomic mass is 9.92. The summed E-state index contributed by atoms with van der Waals surface area (Å²) in [6.07, 6.45) is 1.83. The number of pyridine rings is 2. The molecule has 2 aromatic heterocycles. The average molecular weight is 559 g/mol. The van der Waals surface area contributed by atoms with Crippen LogP contribution in [-0.4, -0.2) is 9.97 Å². The minimum absolute atomic E-state index is 0.940. The number of hydrogen-bond acceptors (Lipinski definition) is 2. The fourth-order valence-electron chi connectivity index (χ4n) is 6.60. The van der Waals surface area contributed by atoms with E-state index in [1.807, 2.05) is 12.3 Å². The Balaban J connectivity index is 1.07. The largest absolute Gasteiger partial charge is 0.254 e. The molecule has 2 heteroatoms. The maximum Gasteiger partial charge on any atom is 0.0972 e. The van der Waals surface area contributed by atoms with Crippen LogP contribution < -0.4 is 0 Å². The second-order valence-corrected chi connectivity index (χ2v) is 11.5. The van der Waals surface area contributed by atoms with Crippen molar-refractivity contribution in [2.45, 2.75) is 0 Å². The number of rotatable bonds is 3. The predicted octanol–water partition coefficient (Wildman–Crippen LogP) is 11.2.